The van der Waals surface area contributed by atoms with Crippen molar-refractivity contribution in [3.8, 4) is 0 Å². The van der Waals surface area contributed by atoms with Crippen molar-refractivity contribution in [2.75, 3.05) is 6.54 Å². The molecule has 0 heterocycles. The van der Waals surface area contributed by atoms with E-state index in [2.05, 4.69) is 19.2 Å². The zero-order valence-corrected chi connectivity index (χ0v) is 12.9. The van der Waals surface area contributed by atoms with Gasteiger partial charge in [0.05, 0.1) is 11.2 Å². The van der Waals surface area contributed by atoms with E-state index in [1.165, 1.54) is 0 Å². The highest BCUT2D eigenvalue weighted by molar-refractivity contribution is 5.89. The summed E-state index contributed by atoms with van der Waals surface area (Å²) in [5.74, 6) is -0.912. The zero-order chi connectivity index (χ0) is 15.5. The van der Waals surface area contributed by atoms with Crippen LogP contribution in [-0.2, 0) is 6.54 Å². The van der Waals surface area contributed by atoms with Crippen molar-refractivity contribution in [1.29, 1.82) is 0 Å². The van der Waals surface area contributed by atoms with Gasteiger partial charge >= 0.3 is 5.97 Å². The first kappa shape index (κ1) is 16.0. The summed E-state index contributed by atoms with van der Waals surface area (Å²) in [4.78, 5) is 11.1. The summed E-state index contributed by atoms with van der Waals surface area (Å²) in [5.41, 5.74) is 0.738. The number of rotatable bonds is 5. The van der Waals surface area contributed by atoms with E-state index < -0.39 is 11.6 Å². The number of benzene rings is 1. The van der Waals surface area contributed by atoms with E-state index >= 15 is 0 Å². The molecule has 0 spiro atoms. The summed E-state index contributed by atoms with van der Waals surface area (Å²) < 4.78 is 0. The summed E-state index contributed by atoms with van der Waals surface area (Å²) >= 11 is 0. The van der Waals surface area contributed by atoms with E-state index in [0.29, 0.717) is 24.1 Å². The quantitative estimate of drug-likeness (QED) is 0.780. The summed E-state index contributed by atoms with van der Waals surface area (Å²) in [6.07, 6.45) is 3.65. The molecule has 0 aliphatic heterocycles. The average Bonchev–Trinajstić information content (AvgIpc) is 2.43. The molecule has 1 aromatic rings. The predicted octanol–water partition coefficient (Wildman–Crippen LogP) is 2.81. The first-order chi connectivity index (χ1) is 9.81. The minimum absolute atomic E-state index is 0.321. The Balaban J connectivity index is 1.89. The fourth-order valence-electron chi connectivity index (χ4n) is 2.88. The van der Waals surface area contributed by atoms with Crippen LogP contribution in [-0.4, -0.2) is 28.3 Å². The third kappa shape index (κ3) is 4.29. The first-order valence-electron chi connectivity index (χ1n) is 7.56. The maximum Gasteiger partial charge on any atom is 0.336 e. The molecule has 0 saturated heterocycles. The molecule has 1 fully saturated rings. The van der Waals surface area contributed by atoms with Gasteiger partial charge in [0, 0.05) is 13.1 Å². The third-order valence-corrected chi connectivity index (χ3v) is 4.55. The van der Waals surface area contributed by atoms with Gasteiger partial charge < -0.3 is 15.5 Å². The molecular weight excluding hydrogens is 266 g/mol. The number of hydrogen-bond donors (Lipinski definition) is 3. The monoisotopic (exact) mass is 291 g/mol. The van der Waals surface area contributed by atoms with Crippen molar-refractivity contribution in [2.24, 2.45) is 5.41 Å². The van der Waals surface area contributed by atoms with E-state index in [-0.39, 0.29) is 0 Å². The number of carboxylic acid groups (broad SMARTS) is 1. The Morgan fingerprint density at radius 2 is 1.81 bits per heavy atom. The second kappa shape index (κ2) is 6.16. The molecule has 1 aliphatic rings. The minimum atomic E-state index is -0.912. The second-order valence-electron chi connectivity index (χ2n) is 6.95. The summed E-state index contributed by atoms with van der Waals surface area (Å²) in [6.45, 7) is 5.46. The molecule has 0 atom stereocenters. The SMILES string of the molecule is CC1(C)CCC(O)(CNCc2ccccc2C(=O)O)CC1. The van der Waals surface area contributed by atoms with Crippen molar-refractivity contribution < 1.29 is 15.0 Å². The molecule has 1 aliphatic carbocycles. The Labute approximate surface area is 126 Å². The summed E-state index contributed by atoms with van der Waals surface area (Å²) in [6, 6.07) is 6.98. The van der Waals surface area contributed by atoms with Gasteiger partial charge in [-0.2, -0.15) is 0 Å². The lowest BCUT2D eigenvalue weighted by molar-refractivity contribution is -0.0245. The maximum atomic E-state index is 11.1. The Morgan fingerprint density at radius 3 is 2.43 bits per heavy atom. The van der Waals surface area contributed by atoms with Crippen LogP contribution in [0.25, 0.3) is 0 Å². The van der Waals surface area contributed by atoms with Crippen LogP contribution in [0.15, 0.2) is 24.3 Å². The summed E-state index contributed by atoms with van der Waals surface area (Å²) in [5, 5.41) is 22.9. The van der Waals surface area contributed by atoms with Crippen molar-refractivity contribution >= 4 is 5.97 Å². The average molecular weight is 291 g/mol. The molecule has 116 valence electrons. The molecule has 0 amide bonds. The van der Waals surface area contributed by atoms with Gasteiger partial charge in [-0.05, 0) is 42.7 Å². The minimum Gasteiger partial charge on any atom is -0.478 e. The van der Waals surface area contributed by atoms with E-state index in [0.717, 1.165) is 31.2 Å². The number of hydrogen-bond acceptors (Lipinski definition) is 3. The smallest absolute Gasteiger partial charge is 0.336 e. The van der Waals surface area contributed by atoms with Gasteiger partial charge in [0.1, 0.15) is 0 Å². The molecule has 21 heavy (non-hydrogen) atoms. The van der Waals surface area contributed by atoms with Gasteiger partial charge in [0.15, 0.2) is 0 Å². The third-order valence-electron chi connectivity index (χ3n) is 4.55. The van der Waals surface area contributed by atoms with Crippen molar-refractivity contribution in [3.63, 3.8) is 0 Å². The molecule has 0 bridgehead atoms. The van der Waals surface area contributed by atoms with Gasteiger partial charge in [-0.3, -0.25) is 0 Å². The second-order valence-corrected chi connectivity index (χ2v) is 6.95. The van der Waals surface area contributed by atoms with Crippen LogP contribution in [0.3, 0.4) is 0 Å². The number of carboxylic acids is 1. The standard InChI is InChI=1S/C17H25NO3/c1-16(2)7-9-17(21,10-8-16)12-18-11-13-5-3-4-6-14(13)15(19)20/h3-6,18,21H,7-12H2,1-2H3,(H,19,20). The van der Waals surface area contributed by atoms with Gasteiger partial charge in [-0.25, -0.2) is 4.79 Å². The maximum absolute atomic E-state index is 11.1. The number of carbonyl (C=O) groups is 1. The van der Waals surface area contributed by atoms with E-state index in [9.17, 15) is 9.90 Å². The lowest BCUT2D eigenvalue weighted by Crippen LogP contribution is -2.44. The van der Waals surface area contributed by atoms with Crippen LogP contribution in [0.2, 0.25) is 0 Å². The van der Waals surface area contributed by atoms with Gasteiger partial charge in [-0.1, -0.05) is 32.0 Å². The normalized spacial score (nSPS) is 20.1. The van der Waals surface area contributed by atoms with E-state index in [1.807, 2.05) is 12.1 Å². The highest BCUT2D eigenvalue weighted by Crippen LogP contribution is 2.39. The Morgan fingerprint density at radius 1 is 1.19 bits per heavy atom. The fraction of sp³-hybridized carbons (Fsp3) is 0.588. The van der Waals surface area contributed by atoms with Crippen LogP contribution in [0.4, 0.5) is 0 Å². The number of aromatic carboxylic acids is 1. The first-order valence-corrected chi connectivity index (χ1v) is 7.56. The number of aliphatic hydroxyl groups is 1. The lowest BCUT2D eigenvalue weighted by Gasteiger charge is -2.40. The van der Waals surface area contributed by atoms with Crippen molar-refractivity contribution in [2.45, 2.75) is 51.7 Å². The molecule has 1 saturated carbocycles. The lowest BCUT2D eigenvalue weighted by atomic mass is 9.71. The summed E-state index contributed by atoms with van der Waals surface area (Å²) in [7, 11) is 0. The Hall–Kier alpha value is -1.39. The van der Waals surface area contributed by atoms with Crippen LogP contribution < -0.4 is 5.32 Å². The molecule has 0 radical (unpaired) electrons. The van der Waals surface area contributed by atoms with Crippen LogP contribution in [0, 0.1) is 5.41 Å². The molecule has 2 rings (SSSR count). The van der Waals surface area contributed by atoms with Crippen LogP contribution in [0.5, 0.6) is 0 Å². The highest BCUT2D eigenvalue weighted by atomic mass is 16.4. The van der Waals surface area contributed by atoms with Gasteiger partial charge in [0.2, 0.25) is 0 Å². The molecule has 0 unspecified atom stereocenters. The molecule has 0 aromatic heterocycles. The molecular formula is C17H25NO3. The zero-order valence-electron chi connectivity index (χ0n) is 12.9. The molecule has 4 heteroatoms. The fourth-order valence-corrected chi connectivity index (χ4v) is 2.88. The van der Waals surface area contributed by atoms with Crippen molar-refractivity contribution in [3.05, 3.63) is 35.4 Å². The molecule has 1 aromatic carbocycles. The van der Waals surface area contributed by atoms with Gasteiger partial charge in [0.25, 0.3) is 0 Å². The van der Waals surface area contributed by atoms with Crippen LogP contribution >= 0.6 is 0 Å². The number of nitrogens with one attached hydrogen (secondary N) is 1. The topological polar surface area (TPSA) is 69.6 Å². The largest absolute Gasteiger partial charge is 0.478 e. The van der Waals surface area contributed by atoms with Gasteiger partial charge in [-0.15, -0.1) is 0 Å². The van der Waals surface area contributed by atoms with E-state index in [4.69, 9.17) is 5.11 Å². The molecule has 3 N–H and O–H groups in total. The Kier molecular flexibility index (Phi) is 4.69. The van der Waals surface area contributed by atoms with Crippen molar-refractivity contribution in [1.82, 2.24) is 5.32 Å². The van der Waals surface area contributed by atoms with Crippen LogP contribution in [0.1, 0.15) is 55.5 Å². The highest BCUT2D eigenvalue weighted by Gasteiger charge is 2.36. The van der Waals surface area contributed by atoms with E-state index in [1.54, 1.807) is 12.1 Å². The molecule has 4 nitrogen and oxygen atoms in total. The Bertz CT molecular complexity index is 501. The predicted molar refractivity (Wildman–Crippen MR) is 82.3 cm³/mol.